The minimum atomic E-state index is -3.41. The number of aryl methyl sites for hydroxylation is 2. The second-order valence-electron chi connectivity index (χ2n) is 4.21. The fraction of sp³-hybridized carbons (Fsp3) is 0.167. The lowest BCUT2D eigenvalue weighted by atomic mass is 10.0. The monoisotopic (exact) mass is 277 g/mol. The van der Waals surface area contributed by atoms with Crippen molar-refractivity contribution in [3.63, 3.8) is 0 Å². The van der Waals surface area contributed by atoms with Gasteiger partial charge in [0.2, 0.25) is 0 Å². The molecule has 0 saturated heterocycles. The highest BCUT2D eigenvalue weighted by Crippen LogP contribution is 2.60. The van der Waals surface area contributed by atoms with Crippen molar-refractivity contribution in [1.82, 2.24) is 0 Å². The fourth-order valence-electron chi connectivity index (χ4n) is 1.97. The molecule has 19 heavy (non-hydrogen) atoms. The first-order chi connectivity index (χ1) is 9.06. The van der Waals surface area contributed by atoms with E-state index in [0.29, 0.717) is 0 Å². The first-order valence-corrected chi connectivity index (χ1v) is 6.95. The van der Waals surface area contributed by atoms with Gasteiger partial charge in [-0.25, -0.2) is 0 Å². The Labute approximate surface area is 110 Å². The van der Waals surface area contributed by atoms with E-state index in [9.17, 15) is 14.7 Å². The summed E-state index contributed by atoms with van der Waals surface area (Å²) in [4.78, 5) is 32.6. The number of nitroso groups, excluding NO2 is 3. The Morgan fingerprint density at radius 3 is 2.11 bits per heavy atom. The summed E-state index contributed by atoms with van der Waals surface area (Å²) < 4.78 is 7.72. The first-order valence-electron chi connectivity index (χ1n) is 5.44. The van der Waals surface area contributed by atoms with Crippen LogP contribution in [0.1, 0.15) is 11.1 Å². The number of hydrogen-bond donors (Lipinski definition) is 0. The molecule has 0 amide bonds. The lowest BCUT2D eigenvalue weighted by Gasteiger charge is -2.16. The Balaban J connectivity index is 2.79. The smallest absolute Gasteiger partial charge is 0.135 e. The van der Waals surface area contributed by atoms with Crippen LogP contribution in [0.4, 0.5) is 0 Å². The quantitative estimate of drug-likeness (QED) is 0.761. The third-order valence-corrected chi connectivity index (χ3v) is 4.41. The van der Waals surface area contributed by atoms with Crippen LogP contribution in [0.15, 0.2) is 49.0 Å². The van der Waals surface area contributed by atoms with Crippen molar-refractivity contribution in [3.05, 3.63) is 56.2 Å². The minimum Gasteiger partial charge on any atom is -0.135 e. The predicted octanol–water partition coefficient (Wildman–Crippen LogP) is 4.66. The van der Waals surface area contributed by atoms with Crippen molar-refractivity contribution in [1.29, 1.82) is 0 Å². The fourth-order valence-corrected chi connectivity index (χ4v) is 2.93. The molecule has 2 aromatic carbocycles. The van der Waals surface area contributed by atoms with Gasteiger partial charge in [-0.15, -0.1) is 14.7 Å². The molecule has 0 aromatic heterocycles. The van der Waals surface area contributed by atoms with Gasteiger partial charge in [-0.1, -0.05) is 23.8 Å². The normalized spacial score (nSPS) is 12.1. The third-order valence-electron chi connectivity index (χ3n) is 2.92. The van der Waals surface area contributed by atoms with Gasteiger partial charge < -0.3 is 0 Å². The molecule has 0 radical (unpaired) electrons. The van der Waals surface area contributed by atoms with E-state index in [-0.39, 0.29) is 4.90 Å². The summed E-state index contributed by atoms with van der Waals surface area (Å²) in [6.07, 6.45) is 0. The summed E-state index contributed by atoms with van der Waals surface area (Å²) in [5.41, 5.74) is 1.86. The lowest BCUT2D eigenvalue weighted by molar-refractivity contribution is 1.34. The van der Waals surface area contributed by atoms with E-state index < -0.39 is 10.6 Å². The molecule has 0 aliphatic rings. The number of hydrogen-bond acceptors (Lipinski definition) is 6. The third kappa shape index (κ3) is 2.12. The largest absolute Gasteiger partial charge is 0.197 e. The van der Waals surface area contributed by atoms with E-state index in [1.54, 1.807) is 12.1 Å². The molecule has 0 N–H and O–H groups in total. The van der Waals surface area contributed by atoms with Gasteiger partial charge in [-0.2, -0.15) is 0 Å². The van der Waals surface area contributed by atoms with Crippen LogP contribution in [0.2, 0.25) is 0 Å². The molecule has 2 rings (SSSR count). The van der Waals surface area contributed by atoms with Crippen molar-refractivity contribution in [2.45, 2.75) is 18.7 Å². The molecule has 6 nitrogen and oxygen atoms in total. The molecule has 0 bridgehead atoms. The van der Waals surface area contributed by atoms with E-state index >= 15 is 0 Å². The molecule has 2 aromatic rings. The Morgan fingerprint density at radius 1 is 0.895 bits per heavy atom. The van der Waals surface area contributed by atoms with Gasteiger partial charge in [0.25, 0.3) is 0 Å². The molecule has 0 unspecified atom stereocenters. The van der Waals surface area contributed by atoms with Gasteiger partial charge in [-0.3, -0.25) is 0 Å². The predicted molar refractivity (Wildman–Crippen MR) is 76.7 cm³/mol. The van der Waals surface area contributed by atoms with Gasteiger partial charge in [0.1, 0.15) is 0 Å². The standard InChI is InChI=1S/C12H11N3O3S/c1-8-3-4-12-9(2)6-11(7-10(12)5-8)19(13-16,14-17)15-18/h3-7H,1-2H3. The summed E-state index contributed by atoms with van der Waals surface area (Å²) in [5, 5.41) is 1.80. The van der Waals surface area contributed by atoms with Crippen molar-refractivity contribution >= 4 is 21.4 Å². The maximum Gasteiger partial charge on any atom is 0.197 e. The Morgan fingerprint density at radius 2 is 1.53 bits per heavy atom. The van der Waals surface area contributed by atoms with Crippen LogP contribution in [-0.4, -0.2) is 0 Å². The molecule has 0 heterocycles. The SMILES string of the molecule is Cc1ccc2c(C)cc(S(N=O)(N=O)N=O)cc2c1. The zero-order valence-corrected chi connectivity index (χ0v) is 11.2. The van der Waals surface area contributed by atoms with Crippen molar-refractivity contribution in [3.8, 4) is 0 Å². The molecule has 98 valence electrons. The van der Waals surface area contributed by atoms with Gasteiger partial charge in [-0.05, 0) is 42.3 Å². The highest BCUT2D eigenvalue weighted by Gasteiger charge is 2.31. The van der Waals surface area contributed by atoms with Crippen LogP contribution in [0, 0.1) is 28.6 Å². The summed E-state index contributed by atoms with van der Waals surface area (Å²) in [5.74, 6) is 0. The average Bonchev–Trinajstić information content (AvgIpc) is 2.41. The minimum absolute atomic E-state index is 0.170. The number of rotatable bonds is 4. The molecule has 0 aliphatic carbocycles. The number of fused-ring (bicyclic) bond motifs is 1. The van der Waals surface area contributed by atoms with Crippen LogP contribution in [0.5, 0.6) is 0 Å². The highest BCUT2D eigenvalue weighted by molar-refractivity contribution is 8.30. The van der Waals surface area contributed by atoms with Gasteiger partial charge in [0, 0.05) is 13.7 Å². The molecule has 0 fully saturated rings. The Kier molecular flexibility index (Phi) is 3.39. The second kappa shape index (κ2) is 4.85. The summed E-state index contributed by atoms with van der Waals surface area (Å²) in [6, 6.07) is 8.95. The van der Waals surface area contributed by atoms with E-state index in [4.69, 9.17) is 0 Å². The van der Waals surface area contributed by atoms with Crippen molar-refractivity contribution in [2.75, 3.05) is 0 Å². The summed E-state index contributed by atoms with van der Waals surface area (Å²) >= 11 is 0. The maximum absolute atomic E-state index is 10.8. The van der Waals surface area contributed by atoms with E-state index in [2.05, 4.69) is 13.7 Å². The van der Waals surface area contributed by atoms with Crippen LogP contribution in [0.3, 0.4) is 0 Å². The maximum atomic E-state index is 10.8. The first kappa shape index (κ1) is 13.3. The molecular formula is C12H11N3O3S. The van der Waals surface area contributed by atoms with E-state index in [0.717, 1.165) is 21.9 Å². The summed E-state index contributed by atoms with van der Waals surface area (Å²) in [7, 11) is -3.41. The van der Waals surface area contributed by atoms with Crippen LogP contribution >= 0.6 is 10.6 Å². The second-order valence-corrected chi connectivity index (χ2v) is 6.16. The molecule has 7 heteroatoms. The van der Waals surface area contributed by atoms with Gasteiger partial charge in [0.05, 0.1) is 4.90 Å². The van der Waals surface area contributed by atoms with Crippen LogP contribution < -0.4 is 0 Å². The molecule has 0 atom stereocenters. The topological polar surface area (TPSA) is 88.3 Å². The molecule has 0 aliphatic heterocycles. The van der Waals surface area contributed by atoms with Crippen molar-refractivity contribution in [2.24, 2.45) is 13.7 Å². The van der Waals surface area contributed by atoms with Gasteiger partial charge in [0.15, 0.2) is 10.6 Å². The summed E-state index contributed by atoms with van der Waals surface area (Å²) in [6.45, 7) is 3.75. The number of nitrogens with zero attached hydrogens (tertiary/aromatic N) is 3. The van der Waals surface area contributed by atoms with E-state index in [1.165, 1.54) is 0 Å². The number of benzene rings is 2. The molecule has 0 spiro atoms. The zero-order valence-electron chi connectivity index (χ0n) is 10.4. The average molecular weight is 277 g/mol. The molecule has 0 saturated carbocycles. The Bertz CT molecular complexity index is 665. The van der Waals surface area contributed by atoms with Crippen LogP contribution in [0.25, 0.3) is 10.8 Å². The van der Waals surface area contributed by atoms with Crippen LogP contribution in [-0.2, 0) is 0 Å². The van der Waals surface area contributed by atoms with E-state index in [1.807, 2.05) is 32.0 Å². The Hall–Kier alpha value is -2.15. The molecular weight excluding hydrogens is 266 g/mol. The zero-order chi connectivity index (χ0) is 14.0. The highest BCUT2D eigenvalue weighted by atomic mass is 32.3. The van der Waals surface area contributed by atoms with Crippen molar-refractivity contribution < 1.29 is 0 Å². The lowest BCUT2D eigenvalue weighted by Crippen LogP contribution is -1.91. The van der Waals surface area contributed by atoms with Gasteiger partial charge >= 0.3 is 0 Å².